The van der Waals surface area contributed by atoms with Gasteiger partial charge in [0.2, 0.25) is 0 Å². The second-order valence-corrected chi connectivity index (χ2v) is 0. The Kier molecular flexibility index (Phi) is 83.2. The molecule has 0 heterocycles. The van der Waals surface area contributed by atoms with E-state index in [-0.39, 0.29) is 0 Å². The Morgan fingerprint density at radius 2 is 1.25 bits per heavy atom. The fourth-order valence-electron chi connectivity index (χ4n) is 0. The molecule has 0 spiro atoms. The summed E-state index contributed by atoms with van der Waals surface area (Å²) >= 11 is 3.06. The third-order valence-corrected chi connectivity index (χ3v) is 0. The van der Waals surface area contributed by atoms with E-state index < -0.39 is 0 Å². The van der Waals surface area contributed by atoms with E-state index in [4.69, 9.17) is 6.75 Å². The zero-order valence-electron chi connectivity index (χ0n) is 1.71. The SMILES string of the molecule is [O]=[Ni].[O]=[Sc]. The average molecular weight is 136 g/mol. The van der Waals surface area contributed by atoms with Gasteiger partial charge in [-0.1, -0.05) is 0 Å². The van der Waals surface area contributed by atoms with Gasteiger partial charge in [-0.25, -0.2) is 0 Å². The van der Waals surface area contributed by atoms with Crippen molar-refractivity contribution < 1.29 is 46.5 Å². The average Bonchev–Trinajstić information content (AvgIpc) is 1.50. The fourth-order valence-corrected chi connectivity index (χ4v) is 0. The van der Waals surface area contributed by atoms with Gasteiger partial charge in [-0.05, 0) is 0 Å². The summed E-state index contributed by atoms with van der Waals surface area (Å²) in [4.78, 5) is 0. The zero-order valence-corrected chi connectivity index (χ0v) is 4.50. The second kappa shape index (κ2) is 37.5. The van der Waals surface area contributed by atoms with Gasteiger partial charge in [-0.3, -0.25) is 0 Å². The van der Waals surface area contributed by atoms with Crippen LogP contribution in [0.5, 0.6) is 0 Å². The summed E-state index contributed by atoms with van der Waals surface area (Å²) in [6.45, 7) is 0. The number of hydrogen-bond acceptors (Lipinski definition) is 2. The van der Waals surface area contributed by atoms with Crippen LogP contribution in [0, 0.1) is 0 Å². The van der Waals surface area contributed by atoms with Crippen LogP contribution in [0.1, 0.15) is 0 Å². The van der Waals surface area contributed by atoms with Crippen molar-refractivity contribution in [3.63, 3.8) is 0 Å². The molecule has 0 radical (unpaired) electrons. The predicted molar refractivity (Wildman–Crippen MR) is 1.37 cm³/mol. The molecule has 0 fully saturated rings. The molecule has 0 aliphatic heterocycles. The second-order valence-electron chi connectivity index (χ2n) is 0. The van der Waals surface area contributed by atoms with Gasteiger partial charge in [0.15, 0.2) is 0 Å². The summed E-state index contributed by atoms with van der Waals surface area (Å²) in [7, 11) is 0. The Hall–Kier alpha value is 0.964. The molecule has 0 aliphatic rings. The molecule has 0 rings (SSSR count). The van der Waals surface area contributed by atoms with Gasteiger partial charge in [0.05, 0.1) is 0 Å². The molecule has 0 aromatic carbocycles. The Morgan fingerprint density at radius 1 is 1.25 bits per heavy atom. The first-order chi connectivity index (χ1) is 2.00. The molecule has 0 atom stereocenters. The third-order valence-electron chi connectivity index (χ3n) is 0. The van der Waals surface area contributed by atoms with Gasteiger partial charge in [-0.15, -0.1) is 0 Å². The predicted octanol–water partition coefficient (Wildman–Crippen LogP) is -0.243. The van der Waals surface area contributed by atoms with Crippen LogP contribution < -0.4 is 0 Å². The summed E-state index contributed by atoms with van der Waals surface area (Å²) < 4.78 is 16.2. The van der Waals surface area contributed by atoms with Crippen LogP contribution in [0.4, 0.5) is 0 Å². The van der Waals surface area contributed by atoms with Gasteiger partial charge in [0, 0.05) is 0 Å². The van der Waals surface area contributed by atoms with Crippen molar-refractivity contribution in [1.29, 1.82) is 0 Å². The fraction of sp³-hybridized carbons (Fsp3) is 0. The Labute approximate surface area is 46.5 Å². The Morgan fingerprint density at radius 3 is 1.25 bits per heavy atom. The first-order valence-corrected chi connectivity index (χ1v) is 1.50. The van der Waals surface area contributed by atoms with Crippen molar-refractivity contribution in [1.82, 2.24) is 0 Å². The van der Waals surface area contributed by atoms with Gasteiger partial charge in [0.1, 0.15) is 0 Å². The molecule has 0 aromatic heterocycles. The van der Waals surface area contributed by atoms with Crippen molar-refractivity contribution in [2.75, 3.05) is 0 Å². The van der Waals surface area contributed by atoms with E-state index in [2.05, 4.69) is 15.4 Å². The quantitative estimate of drug-likeness (QED) is 0.430. The first kappa shape index (κ1) is 8.88. The standard InChI is InChI=1S/Ni.2O.Sc. The van der Waals surface area contributed by atoms with E-state index in [1.807, 2.05) is 0 Å². The molecule has 0 aromatic rings. The molecular weight excluding hydrogens is 136 g/mol. The van der Waals surface area contributed by atoms with Crippen LogP contribution in [0.3, 0.4) is 0 Å². The minimum atomic E-state index is 0.438. The molecule has 0 amide bonds. The van der Waals surface area contributed by atoms with Gasteiger partial charge >= 0.3 is 46.5 Å². The van der Waals surface area contributed by atoms with Crippen molar-refractivity contribution in [3.05, 3.63) is 0 Å². The van der Waals surface area contributed by atoms with Crippen LogP contribution in [-0.4, -0.2) is 0 Å². The maximum atomic E-state index is 8.31. The molecule has 0 saturated heterocycles. The molecule has 4 heavy (non-hydrogen) atoms. The van der Waals surface area contributed by atoms with Crippen LogP contribution in [0.15, 0.2) is 0 Å². The van der Waals surface area contributed by atoms with E-state index in [1.54, 1.807) is 0 Å². The number of rotatable bonds is 0. The minimum absolute atomic E-state index is 0.438. The summed E-state index contributed by atoms with van der Waals surface area (Å²) in [6, 6.07) is 0. The van der Waals surface area contributed by atoms with Crippen molar-refractivity contribution in [2.24, 2.45) is 0 Å². The van der Waals surface area contributed by atoms with Gasteiger partial charge < -0.3 is 0 Å². The van der Waals surface area contributed by atoms with Crippen LogP contribution in [-0.2, 0) is 46.5 Å². The molecule has 0 bridgehead atoms. The molecular formula is NiO2Sc. The Bertz CT molecular complexity index is 8.00. The van der Waals surface area contributed by atoms with Crippen molar-refractivity contribution in [3.8, 4) is 0 Å². The summed E-state index contributed by atoms with van der Waals surface area (Å²) in [6.07, 6.45) is 0. The maximum absolute atomic E-state index is 8.31. The third kappa shape index (κ3) is 12.3. The van der Waals surface area contributed by atoms with Crippen LogP contribution in [0.2, 0.25) is 0 Å². The number of hydrogen-bond donors (Lipinski definition) is 0. The zero-order chi connectivity index (χ0) is 4.00. The van der Waals surface area contributed by atoms with Crippen LogP contribution >= 0.6 is 0 Å². The molecule has 4 heteroatoms. The summed E-state index contributed by atoms with van der Waals surface area (Å²) in [5.74, 6) is 0. The molecule has 25 valence electrons. The topological polar surface area (TPSA) is 34.1 Å². The van der Waals surface area contributed by atoms with Crippen LogP contribution in [0.25, 0.3) is 0 Å². The monoisotopic (exact) mass is 135 g/mol. The molecule has 0 N–H and O–H groups in total. The summed E-state index contributed by atoms with van der Waals surface area (Å²) in [5, 5.41) is 0. The van der Waals surface area contributed by atoms with E-state index >= 15 is 0 Å². The molecule has 0 saturated carbocycles. The summed E-state index contributed by atoms with van der Waals surface area (Å²) in [5.41, 5.74) is 0. The van der Waals surface area contributed by atoms with Gasteiger partial charge in [-0.2, -0.15) is 0 Å². The Balaban J connectivity index is 0. The van der Waals surface area contributed by atoms with E-state index in [0.29, 0.717) is 24.4 Å². The first-order valence-electron chi connectivity index (χ1n) is 0.365. The van der Waals surface area contributed by atoms with Gasteiger partial charge in [0.25, 0.3) is 0 Å². The molecule has 0 aliphatic carbocycles. The normalized spacial score (nSPS) is 3.00. The molecule has 0 unspecified atom stereocenters. The van der Waals surface area contributed by atoms with Crippen molar-refractivity contribution >= 4 is 0 Å². The molecule has 2 nitrogen and oxygen atoms in total. The van der Waals surface area contributed by atoms with E-state index in [9.17, 15) is 0 Å². The van der Waals surface area contributed by atoms with E-state index in [0.717, 1.165) is 0 Å². The van der Waals surface area contributed by atoms with Crippen molar-refractivity contribution in [2.45, 2.75) is 0 Å². The van der Waals surface area contributed by atoms with E-state index in [1.165, 1.54) is 0 Å².